The van der Waals surface area contributed by atoms with Gasteiger partial charge in [-0.15, -0.1) is 0 Å². The topological polar surface area (TPSA) is 12.4 Å². The fourth-order valence-corrected chi connectivity index (χ4v) is 3.46. The van der Waals surface area contributed by atoms with Gasteiger partial charge < -0.3 is 0 Å². The first kappa shape index (κ1) is 17.7. The highest BCUT2D eigenvalue weighted by molar-refractivity contribution is 5.74. The Morgan fingerprint density at radius 1 is 1.22 bits per heavy atom. The van der Waals surface area contributed by atoms with Gasteiger partial charge in [-0.25, -0.2) is 0 Å². The Bertz CT molecular complexity index is 618. The zero-order valence-electron chi connectivity index (χ0n) is 15.4. The van der Waals surface area contributed by atoms with Crippen LogP contribution in [0.25, 0.3) is 0 Å². The zero-order valence-corrected chi connectivity index (χ0v) is 15.4. The summed E-state index contributed by atoms with van der Waals surface area (Å²) in [7, 11) is 0. The maximum atomic E-state index is 4.34. The van der Waals surface area contributed by atoms with Crippen LogP contribution >= 0.6 is 0 Å². The van der Waals surface area contributed by atoms with Crippen molar-refractivity contribution in [2.45, 2.75) is 60.3 Å². The van der Waals surface area contributed by atoms with Gasteiger partial charge in [-0.2, -0.15) is 0 Å². The number of aliphatic imine (C=N–C) groups is 1. The second kappa shape index (κ2) is 7.77. The van der Waals surface area contributed by atoms with Crippen molar-refractivity contribution in [1.82, 2.24) is 0 Å². The minimum atomic E-state index is 0.315. The lowest BCUT2D eigenvalue weighted by molar-refractivity contribution is 0.377. The summed E-state index contributed by atoms with van der Waals surface area (Å²) < 4.78 is 0. The van der Waals surface area contributed by atoms with Crippen molar-refractivity contribution >= 4 is 6.21 Å². The molecule has 0 N–H and O–H groups in total. The van der Waals surface area contributed by atoms with Crippen molar-refractivity contribution in [3.63, 3.8) is 0 Å². The normalized spacial score (nSPS) is 24.3. The van der Waals surface area contributed by atoms with Gasteiger partial charge in [0.05, 0.1) is 0 Å². The second-order valence-corrected chi connectivity index (χ2v) is 7.52. The summed E-state index contributed by atoms with van der Waals surface area (Å²) in [5.74, 6) is 0. The SMILES string of the molecule is CC1=CC=NCC\C1=C/C=C(C)/C=C/C1=C(C)CCCC1(C)C. The van der Waals surface area contributed by atoms with Crippen LogP contribution in [0.15, 0.2) is 63.2 Å². The van der Waals surface area contributed by atoms with Gasteiger partial charge in [0.25, 0.3) is 0 Å². The predicted molar refractivity (Wildman–Crippen MR) is 103 cm³/mol. The Balaban J connectivity index is 2.13. The van der Waals surface area contributed by atoms with E-state index < -0.39 is 0 Å². The Kier molecular flexibility index (Phi) is 5.98. The molecule has 1 heteroatoms. The monoisotopic (exact) mass is 309 g/mol. The van der Waals surface area contributed by atoms with Crippen molar-refractivity contribution in [3.05, 3.63) is 58.2 Å². The lowest BCUT2D eigenvalue weighted by Gasteiger charge is -2.32. The summed E-state index contributed by atoms with van der Waals surface area (Å²) in [6.07, 6.45) is 18.0. The minimum absolute atomic E-state index is 0.315. The minimum Gasteiger partial charge on any atom is -0.293 e. The summed E-state index contributed by atoms with van der Waals surface area (Å²) in [4.78, 5) is 4.34. The van der Waals surface area contributed by atoms with Crippen molar-refractivity contribution in [3.8, 4) is 0 Å². The van der Waals surface area contributed by atoms with E-state index in [1.54, 1.807) is 5.57 Å². The van der Waals surface area contributed by atoms with E-state index >= 15 is 0 Å². The summed E-state index contributed by atoms with van der Waals surface area (Å²) in [6, 6.07) is 0. The quantitative estimate of drug-likeness (QED) is 0.538. The van der Waals surface area contributed by atoms with Gasteiger partial charge in [0, 0.05) is 12.8 Å². The highest BCUT2D eigenvalue weighted by Gasteiger charge is 2.26. The van der Waals surface area contributed by atoms with Crippen LogP contribution in [0.2, 0.25) is 0 Å². The lowest BCUT2D eigenvalue weighted by Crippen LogP contribution is -2.19. The van der Waals surface area contributed by atoms with Crippen molar-refractivity contribution < 1.29 is 0 Å². The predicted octanol–water partition coefficient (Wildman–Crippen LogP) is 6.36. The van der Waals surface area contributed by atoms with Crippen LogP contribution in [-0.2, 0) is 0 Å². The van der Waals surface area contributed by atoms with Crippen LogP contribution in [0.1, 0.15) is 60.3 Å². The first-order valence-electron chi connectivity index (χ1n) is 8.83. The van der Waals surface area contributed by atoms with Crippen molar-refractivity contribution in [1.29, 1.82) is 0 Å². The molecule has 0 saturated carbocycles. The molecule has 1 aliphatic carbocycles. The fraction of sp³-hybridized carbons (Fsp3) is 0.500. The molecular formula is C22H31N. The highest BCUT2D eigenvalue weighted by atomic mass is 14.7. The van der Waals surface area contributed by atoms with Gasteiger partial charge in [0.1, 0.15) is 0 Å². The second-order valence-electron chi connectivity index (χ2n) is 7.52. The molecule has 2 rings (SSSR count). The molecule has 1 heterocycles. The third-order valence-electron chi connectivity index (χ3n) is 5.05. The number of rotatable bonds is 3. The molecule has 0 aromatic heterocycles. The van der Waals surface area contributed by atoms with E-state index in [-0.39, 0.29) is 0 Å². The Labute approximate surface area is 142 Å². The van der Waals surface area contributed by atoms with Crippen LogP contribution in [0.3, 0.4) is 0 Å². The van der Waals surface area contributed by atoms with E-state index in [0.717, 1.165) is 13.0 Å². The van der Waals surface area contributed by atoms with E-state index in [0.29, 0.717) is 5.41 Å². The summed E-state index contributed by atoms with van der Waals surface area (Å²) in [5.41, 5.74) is 7.42. The molecule has 2 aliphatic rings. The van der Waals surface area contributed by atoms with E-state index in [1.165, 1.54) is 41.6 Å². The molecule has 0 aromatic rings. The van der Waals surface area contributed by atoms with E-state index in [2.05, 4.69) is 70.0 Å². The molecule has 23 heavy (non-hydrogen) atoms. The molecular weight excluding hydrogens is 278 g/mol. The summed E-state index contributed by atoms with van der Waals surface area (Å²) in [5, 5.41) is 0. The van der Waals surface area contributed by atoms with Gasteiger partial charge >= 0.3 is 0 Å². The molecule has 0 amide bonds. The zero-order chi connectivity index (χ0) is 16.9. The van der Waals surface area contributed by atoms with Crippen molar-refractivity contribution in [2.24, 2.45) is 10.4 Å². The van der Waals surface area contributed by atoms with Crippen LogP contribution in [0.5, 0.6) is 0 Å². The van der Waals surface area contributed by atoms with Gasteiger partial charge in [0.15, 0.2) is 0 Å². The average Bonchev–Trinajstić information content (AvgIpc) is 2.68. The van der Waals surface area contributed by atoms with Gasteiger partial charge in [-0.05, 0) is 74.7 Å². The third kappa shape index (κ3) is 4.92. The molecule has 0 aromatic carbocycles. The Morgan fingerprint density at radius 2 is 2.00 bits per heavy atom. The number of hydrogen-bond acceptors (Lipinski definition) is 1. The van der Waals surface area contributed by atoms with E-state index in [1.807, 2.05) is 6.21 Å². The fourth-order valence-electron chi connectivity index (χ4n) is 3.46. The average molecular weight is 309 g/mol. The molecule has 124 valence electrons. The summed E-state index contributed by atoms with van der Waals surface area (Å²) >= 11 is 0. The number of hydrogen-bond donors (Lipinski definition) is 0. The van der Waals surface area contributed by atoms with E-state index in [4.69, 9.17) is 0 Å². The molecule has 0 bridgehead atoms. The molecule has 0 saturated heterocycles. The summed E-state index contributed by atoms with van der Waals surface area (Å²) in [6.45, 7) is 12.3. The highest BCUT2D eigenvalue weighted by Crippen LogP contribution is 2.40. The molecule has 1 nitrogen and oxygen atoms in total. The van der Waals surface area contributed by atoms with Crippen LogP contribution in [0, 0.1) is 5.41 Å². The lowest BCUT2D eigenvalue weighted by atomic mass is 9.72. The number of allylic oxidation sites excluding steroid dienone is 9. The van der Waals surface area contributed by atoms with Crippen LogP contribution in [-0.4, -0.2) is 12.8 Å². The van der Waals surface area contributed by atoms with Gasteiger partial charge in [-0.3, -0.25) is 4.99 Å². The maximum Gasteiger partial charge on any atom is 0.0429 e. The van der Waals surface area contributed by atoms with E-state index in [9.17, 15) is 0 Å². The standard InChI is InChI=1S/C22H31N/c1-17(8-10-20-13-16-23-15-12-18(20)2)9-11-21-19(3)7-6-14-22(21,4)5/h8-12,15H,6-7,13-14,16H2,1-5H3/b11-9+,17-8+,20-10+. The number of nitrogens with zero attached hydrogens (tertiary/aromatic N) is 1. The molecule has 1 aliphatic heterocycles. The molecule has 0 unspecified atom stereocenters. The smallest absolute Gasteiger partial charge is 0.0429 e. The third-order valence-corrected chi connectivity index (χ3v) is 5.05. The largest absolute Gasteiger partial charge is 0.293 e. The van der Waals surface area contributed by atoms with Gasteiger partial charge in [0.2, 0.25) is 0 Å². The van der Waals surface area contributed by atoms with Gasteiger partial charge in [-0.1, -0.05) is 49.3 Å². The van der Waals surface area contributed by atoms with Crippen LogP contribution < -0.4 is 0 Å². The Hall–Kier alpha value is -1.63. The first-order chi connectivity index (χ1) is 10.9. The van der Waals surface area contributed by atoms with Crippen LogP contribution in [0.4, 0.5) is 0 Å². The molecule has 0 atom stereocenters. The van der Waals surface area contributed by atoms with Crippen molar-refractivity contribution in [2.75, 3.05) is 6.54 Å². The first-order valence-corrected chi connectivity index (χ1v) is 8.83. The molecule has 0 spiro atoms. The molecule has 0 fully saturated rings. The maximum absolute atomic E-state index is 4.34. The Morgan fingerprint density at radius 3 is 2.74 bits per heavy atom. The molecule has 0 radical (unpaired) electrons.